The van der Waals surface area contributed by atoms with Gasteiger partial charge in [-0.05, 0) is 24.5 Å². The van der Waals surface area contributed by atoms with E-state index in [0.717, 1.165) is 55.6 Å². The second-order valence-corrected chi connectivity index (χ2v) is 6.69. The molecule has 2 heterocycles. The van der Waals surface area contributed by atoms with Crippen LogP contribution in [0.2, 0.25) is 5.02 Å². The van der Waals surface area contributed by atoms with Crippen LogP contribution in [0.5, 0.6) is 0 Å². The van der Waals surface area contributed by atoms with Gasteiger partial charge in [-0.25, -0.2) is 0 Å². The van der Waals surface area contributed by atoms with Crippen LogP contribution in [0.15, 0.2) is 28.7 Å². The fraction of sp³-hybridized carbons (Fsp3) is 0.529. The summed E-state index contributed by atoms with van der Waals surface area (Å²) in [6.45, 7) is 3.92. The molecule has 1 N–H and O–H groups in total. The van der Waals surface area contributed by atoms with Crippen LogP contribution in [-0.4, -0.2) is 47.9 Å². The summed E-state index contributed by atoms with van der Waals surface area (Å²) >= 11 is 6.44. The zero-order valence-electron chi connectivity index (χ0n) is 13.4. The van der Waals surface area contributed by atoms with Crippen molar-refractivity contribution in [2.75, 3.05) is 38.2 Å². The number of nitrogens with zero attached hydrogens (tertiary/aromatic N) is 3. The summed E-state index contributed by atoms with van der Waals surface area (Å²) in [6.07, 6.45) is 2.30. The molecule has 2 aromatic rings. The maximum absolute atomic E-state index is 6.44. The van der Waals surface area contributed by atoms with Crippen LogP contribution in [0.4, 0.5) is 6.01 Å². The maximum atomic E-state index is 6.44. The number of ether oxygens (including phenoxy) is 1. The Morgan fingerprint density at radius 2 is 2.00 bits per heavy atom. The van der Waals surface area contributed by atoms with Gasteiger partial charge in [0.2, 0.25) is 5.89 Å². The van der Waals surface area contributed by atoms with Crippen molar-refractivity contribution in [3.63, 3.8) is 0 Å². The standard InChI is InChI=1S/C17H21ClN4O2/c18-14-4-2-1-3-13(14)15(22-7-9-23-10-8-22)11-19-17-21-20-16(24-17)12-5-6-12/h1-4,12,15H,5-11H2,(H,19,21). The van der Waals surface area contributed by atoms with E-state index in [1.807, 2.05) is 18.2 Å². The van der Waals surface area contributed by atoms with Gasteiger partial charge in [0.15, 0.2) is 0 Å². The quantitative estimate of drug-likeness (QED) is 0.865. The van der Waals surface area contributed by atoms with E-state index in [-0.39, 0.29) is 6.04 Å². The minimum Gasteiger partial charge on any atom is -0.408 e. The van der Waals surface area contributed by atoms with Gasteiger partial charge >= 0.3 is 6.01 Å². The van der Waals surface area contributed by atoms with Gasteiger partial charge in [-0.1, -0.05) is 34.9 Å². The zero-order chi connectivity index (χ0) is 16.4. The van der Waals surface area contributed by atoms with Gasteiger partial charge in [0, 0.05) is 30.6 Å². The minimum atomic E-state index is 0.138. The Bertz CT molecular complexity index is 683. The molecule has 24 heavy (non-hydrogen) atoms. The van der Waals surface area contributed by atoms with E-state index in [2.05, 4.69) is 26.5 Å². The number of nitrogens with one attached hydrogen (secondary N) is 1. The summed E-state index contributed by atoms with van der Waals surface area (Å²) in [7, 11) is 0. The first-order valence-corrected chi connectivity index (χ1v) is 8.82. The summed E-state index contributed by atoms with van der Waals surface area (Å²) in [4.78, 5) is 2.38. The van der Waals surface area contributed by atoms with Crippen molar-refractivity contribution in [1.29, 1.82) is 0 Å². The number of benzene rings is 1. The highest BCUT2D eigenvalue weighted by atomic mass is 35.5. The molecular weight excluding hydrogens is 328 g/mol. The summed E-state index contributed by atoms with van der Waals surface area (Å²) in [5, 5.41) is 12.3. The Labute approximate surface area is 146 Å². The zero-order valence-corrected chi connectivity index (χ0v) is 14.2. The number of morpholine rings is 1. The molecule has 0 amide bonds. The second-order valence-electron chi connectivity index (χ2n) is 6.29. The number of rotatable bonds is 6. The third-order valence-corrected chi connectivity index (χ3v) is 4.91. The molecule has 1 aliphatic carbocycles. The maximum Gasteiger partial charge on any atom is 0.315 e. The highest BCUT2D eigenvalue weighted by Gasteiger charge is 2.30. The lowest BCUT2D eigenvalue weighted by atomic mass is 10.0. The fourth-order valence-corrected chi connectivity index (χ4v) is 3.32. The van der Waals surface area contributed by atoms with Gasteiger partial charge < -0.3 is 14.5 Å². The van der Waals surface area contributed by atoms with Crippen LogP contribution in [0.25, 0.3) is 0 Å². The molecule has 1 unspecified atom stereocenters. The first kappa shape index (κ1) is 15.9. The Morgan fingerprint density at radius 1 is 1.21 bits per heavy atom. The molecular formula is C17H21ClN4O2. The van der Waals surface area contributed by atoms with Crippen molar-refractivity contribution in [3.8, 4) is 0 Å². The molecule has 2 fully saturated rings. The minimum absolute atomic E-state index is 0.138. The van der Waals surface area contributed by atoms with E-state index >= 15 is 0 Å². The topological polar surface area (TPSA) is 63.4 Å². The molecule has 0 spiro atoms. The van der Waals surface area contributed by atoms with E-state index < -0.39 is 0 Å². The molecule has 7 heteroatoms. The first-order chi connectivity index (χ1) is 11.8. The van der Waals surface area contributed by atoms with Crippen molar-refractivity contribution in [2.45, 2.75) is 24.8 Å². The van der Waals surface area contributed by atoms with Gasteiger partial charge in [0.05, 0.1) is 19.3 Å². The van der Waals surface area contributed by atoms with Crippen LogP contribution in [0.1, 0.15) is 36.3 Å². The molecule has 1 atom stereocenters. The molecule has 4 rings (SSSR count). The fourth-order valence-electron chi connectivity index (χ4n) is 3.06. The van der Waals surface area contributed by atoms with E-state index in [4.69, 9.17) is 20.8 Å². The average Bonchev–Trinajstić information content (AvgIpc) is 3.36. The molecule has 128 valence electrons. The van der Waals surface area contributed by atoms with Gasteiger partial charge in [0.1, 0.15) is 0 Å². The molecule has 1 saturated heterocycles. The molecule has 2 aliphatic rings. The summed E-state index contributed by atoms with van der Waals surface area (Å²) in [5.41, 5.74) is 1.11. The van der Waals surface area contributed by atoms with Crippen LogP contribution >= 0.6 is 11.6 Å². The van der Waals surface area contributed by atoms with E-state index in [1.165, 1.54) is 0 Å². The van der Waals surface area contributed by atoms with E-state index in [0.29, 0.717) is 18.5 Å². The molecule has 1 saturated carbocycles. The predicted molar refractivity (Wildman–Crippen MR) is 91.3 cm³/mol. The Morgan fingerprint density at radius 3 is 2.75 bits per heavy atom. The summed E-state index contributed by atoms with van der Waals surface area (Å²) in [5.74, 6) is 1.21. The summed E-state index contributed by atoms with van der Waals surface area (Å²) < 4.78 is 11.2. The van der Waals surface area contributed by atoms with Crippen molar-refractivity contribution in [2.24, 2.45) is 0 Å². The second kappa shape index (κ2) is 7.09. The molecule has 1 aliphatic heterocycles. The number of hydrogen-bond acceptors (Lipinski definition) is 6. The SMILES string of the molecule is Clc1ccccc1C(CNc1nnc(C2CC2)o1)N1CCOCC1. The van der Waals surface area contributed by atoms with Crippen LogP contribution < -0.4 is 5.32 Å². The van der Waals surface area contributed by atoms with Crippen molar-refractivity contribution >= 4 is 17.6 Å². The number of anilines is 1. The van der Waals surface area contributed by atoms with E-state index in [9.17, 15) is 0 Å². The molecule has 1 aromatic heterocycles. The van der Waals surface area contributed by atoms with Crippen LogP contribution in [0.3, 0.4) is 0 Å². The molecule has 1 aromatic carbocycles. The van der Waals surface area contributed by atoms with Gasteiger partial charge in [-0.15, -0.1) is 5.10 Å². The highest BCUT2D eigenvalue weighted by molar-refractivity contribution is 6.31. The van der Waals surface area contributed by atoms with Crippen molar-refractivity contribution in [1.82, 2.24) is 15.1 Å². The Balaban J connectivity index is 1.49. The Hall–Kier alpha value is -1.63. The number of hydrogen-bond donors (Lipinski definition) is 1. The van der Waals surface area contributed by atoms with Crippen LogP contribution in [0, 0.1) is 0 Å². The molecule has 0 bridgehead atoms. The normalized spacial score (nSPS) is 20.0. The third-order valence-electron chi connectivity index (χ3n) is 4.56. The van der Waals surface area contributed by atoms with Crippen molar-refractivity contribution in [3.05, 3.63) is 40.7 Å². The lowest BCUT2D eigenvalue weighted by Gasteiger charge is -2.35. The highest BCUT2D eigenvalue weighted by Crippen LogP contribution is 2.39. The monoisotopic (exact) mass is 348 g/mol. The summed E-state index contributed by atoms with van der Waals surface area (Å²) in [6, 6.07) is 8.61. The number of halogens is 1. The van der Waals surface area contributed by atoms with Crippen LogP contribution in [-0.2, 0) is 4.74 Å². The first-order valence-electron chi connectivity index (χ1n) is 8.45. The Kier molecular flexibility index (Phi) is 4.69. The van der Waals surface area contributed by atoms with Gasteiger partial charge in [-0.3, -0.25) is 4.90 Å². The largest absolute Gasteiger partial charge is 0.408 e. The van der Waals surface area contributed by atoms with Gasteiger partial charge in [0.25, 0.3) is 0 Å². The van der Waals surface area contributed by atoms with E-state index in [1.54, 1.807) is 0 Å². The van der Waals surface area contributed by atoms with Gasteiger partial charge in [-0.2, -0.15) is 0 Å². The number of aromatic nitrogens is 2. The molecule has 6 nitrogen and oxygen atoms in total. The predicted octanol–water partition coefficient (Wildman–Crippen LogP) is 3.09. The van der Waals surface area contributed by atoms with Crippen molar-refractivity contribution < 1.29 is 9.15 Å². The lowest BCUT2D eigenvalue weighted by Crippen LogP contribution is -2.41. The molecule has 0 radical (unpaired) electrons. The average molecular weight is 349 g/mol. The lowest BCUT2D eigenvalue weighted by molar-refractivity contribution is 0.0186. The smallest absolute Gasteiger partial charge is 0.315 e. The third kappa shape index (κ3) is 3.55.